The van der Waals surface area contributed by atoms with Crippen LogP contribution in [0.4, 0.5) is 0 Å². The van der Waals surface area contributed by atoms with Gasteiger partial charge in [0.15, 0.2) is 0 Å². The second kappa shape index (κ2) is 9.55. The smallest absolute Gasteiger partial charge is 0.0205 e. The van der Waals surface area contributed by atoms with Crippen molar-refractivity contribution in [2.75, 3.05) is 0 Å². The fourth-order valence-corrected chi connectivity index (χ4v) is 9.55. The van der Waals surface area contributed by atoms with Crippen molar-refractivity contribution in [1.29, 1.82) is 0 Å². The quantitative estimate of drug-likeness (QED) is 0.217. The molecule has 0 aliphatic heterocycles. The molecule has 0 heteroatoms. The summed E-state index contributed by atoms with van der Waals surface area (Å²) in [7, 11) is 0. The van der Waals surface area contributed by atoms with Crippen LogP contribution in [-0.2, 0) is 11.8 Å². The SMILES string of the molecule is CC(C)(C)c1cc2ccc3c4c(ccc(c1)c24)=C(C1=CC2=C(C=C(C4=CC=C5C=Cc6cccc7c6C5C4C=C7)CC2)CC1)CC3. The lowest BCUT2D eigenvalue weighted by molar-refractivity contribution is 0.591. The number of hydrogen-bond donors (Lipinski definition) is 0. The zero-order valence-corrected chi connectivity index (χ0v) is 27.2. The van der Waals surface area contributed by atoms with Gasteiger partial charge in [0.25, 0.3) is 0 Å². The Hall–Kier alpha value is -4.42. The molecule has 0 heterocycles. The zero-order valence-electron chi connectivity index (χ0n) is 27.2. The van der Waals surface area contributed by atoms with E-state index in [0.29, 0.717) is 11.8 Å². The summed E-state index contributed by atoms with van der Waals surface area (Å²) >= 11 is 0. The maximum absolute atomic E-state index is 2.61. The van der Waals surface area contributed by atoms with Crippen LogP contribution in [0.2, 0.25) is 0 Å². The second-order valence-electron chi connectivity index (χ2n) is 15.5. The lowest BCUT2D eigenvalue weighted by atomic mass is 9.64. The molecule has 6 aliphatic rings. The van der Waals surface area contributed by atoms with Gasteiger partial charge in [-0.3, -0.25) is 0 Å². The summed E-state index contributed by atoms with van der Waals surface area (Å²) in [6, 6.07) is 21.3. The van der Waals surface area contributed by atoms with E-state index >= 15 is 0 Å². The first-order valence-electron chi connectivity index (χ1n) is 17.5. The van der Waals surface area contributed by atoms with Gasteiger partial charge >= 0.3 is 0 Å². The molecule has 0 aromatic heterocycles. The first-order chi connectivity index (χ1) is 22.4. The van der Waals surface area contributed by atoms with E-state index in [0.717, 1.165) is 38.5 Å². The molecule has 0 amide bonds. The highest BCUT2D eigenvalue weighted by atomic mass is 14.4. The maximum atomic E-state index is 2.61. The minimum absolute atomic E-state index is 0.144. The van der Waals surface area contributed by atoms with Crippen molar-refractivity contribution in [3.63, 3.8) is 0 Å². The van der Waals surface area contributed by atoms with Crippen LogP contribution in [0.15, 0.2) is 124 Å². The molecule has 0 radical (unpaired) electrons. The fourth-order valence-electron chi connectivity index (χ4n) is 9.55. The standard InChI is InChI=1S/C46H40/c1-46(2,3)37-25-35-14-9-30-16-20-39(41-22-18-36(26-37)43(35)45(30)41)34-13-11-31-23-33(12-10-32(31)24-34)38-19-15-29-8-7-27-5-4-6-28-17-21-40(38)44(29)42(27)28/h4-9,14-15,17-19,21-26,40,44H,10-13,16,20H2,1-3H3. The molecule has 0 spiro atoms. The maximum Gasteiger partial charge on any atom is 0.0205 e. The lowest BCUT2D eigenvalue weighted by Gasteiger charge is -2.39. The van der Waals surface area contributed by atoms with Crippen molar-refractivity contribution >= 4 is 39.3 Å². The molecule has 46 heavy (non-hydrogen) atoms. The van der Waals surface area contributed by atoms with Crippen molar-refractivity contribution in [2.45, 2.75) is 70.6 Å². The highest BCUT2D eigenvalue weighted by Gasteiger charge is 2.37. The summed E-state index contributed by atoms with van der Waals surface area (Å²) in [6.45, 7) is 6.97. The van der Waals surface area contributed by atoms with Crippen LogP contribution in [0.25, 0.3) is 39.3 Å². The predicted molar refractivity (Wildman–Crippen MR) is 196 cm³/mol. The van der Waals surface area contributed by atoms with Gasteiger partial charge < -0.3 is 0 Å². The normalized spacial score (nSPS) is 22.8. The van der Waals surface area contributed by atoms with Gasteiger partial charge in [-0.05, 0) is 138 Å². The van der Waals surface area contributed by atoms with Crippen LogP contribution in [0.3, 0.4) is 0 Å². The first-order valence-corrected chi connectivity index (χ1v) is 17.5. The summed E-state index contributed by atoms with van der Waals surface area (Å²) in [5, 5.41) is 7.27. The Morgan fingerprint density at radius 2 is 1.39 bits per heavy atom. The van der Waals surface area contributed by atoms with E-state index < -0.39 is 0 Å². The Labute approximate surface area is 272 Å². The molecular weight excluding hydrogens is 553 g/mol. The molecule has 0 bridgehead atoms. The second-order valence-corrected chi connectivity index (χ2v) is 15.5. The Balaban J connectivity index is 1.04. The van der Waals surface area contributed by atoms with E-state index in [-0.39, 0.29) is 5.41 Å². The topological polar surface area (TPSA) is 0 Å². The van der Waals surface area contributed by atoms with E-state index in [9.17, 15) is 0 Å². The third kappa shape index (κ3) is 3.86. The van der Waals surface area contributed by atoms with Gasteiger partial charge in [-0.15, -0.1) is 0 Å². The minimum atomic E-state index is 0.144. The molecule has 0 saturated carbocycles. The van der Waals surface area contributed by atoms with E-state index in [1.807, 2.05) is 0 Å². The number of allylic oxidation sites excluding steroid dienone is 12. The molecule has 6 aliphatic carbocycles. The van der Waals surface area contributed by atoms with E-state index in [1.165, 1.54) is 60.2 Å². The van der Waals surface area contributed by atoms with Gasteiger partial charge in [0.05, 0.1) is 0 Å². The number of hydrogen-bond acceptors (Lipinski definition) is 0. The summed E-state index contributed by atoms with van der Waals surface area (Å²) in [5.74, 6) is 0.895. The van der Waals surface area contributed by atoms with Crippen LogP contribution >= 0.6 is 0 Å². The Bertz CT molecular complexity index is 2310. The first kappa shape index (κ1) is 26.8. The molecule has 2 unspecified atom stereocenters. The Kier molecular flexibility index (Phi) is 5.56. The molecular formula is C46H40. The van der Waals surface area contributed by atoms with Crippen molar-refractivity contribution < 1.29 is 0 Å². The van der Waals surface area contributed by atoms with Crippen molar-refractivity contribution in [1.82, 2.24) is 0 Å². The average molecular weight is 593 g/mol. The molecule has 4 aromatic carbocycles. The van der Waals surface area contributed by atoms with E-state index in [1.54, 1.807) is 33.4 Å². The molecule has 10 rings (SSSR count). The largest absolute Gasteiger partial charge is 0.0754 e. The average Bonchev–Trinajstić information content (AvgIpc) is 3.08. The number of benzene rings is 4. The van der Waals surface area contributed by atoms with Gasteiger partial charge in [0, 0.05) is 11.8 Å². The third-order valence-corrected chi connectivity index (χ3v) is 11.9. The van der Waals surface area contributed by atoms with Gasteiger partial charge in [-0.1, -0.05) is 124 Å². The van der Waals surface area contributed by atoms with Gasteiger partial charge in [-0.25, -0.2) is 0 Å². The molecule has 0 fully saturated rings. The van der Waals surface area contributed by atoms with Gasteiger partial charge in [-0.2, -0.15) is 0 Å². The van der Waals surface area contributed by atoms with Crippen LogP contribution in [0.5, 0.6) is 0 Å². The monoisotopic (exact) mass is 592 g/mol. The summed E-state index contributed by atoms with van der Waals surface area (Å²) < 4.78 is 0. The minimum Gasteiger partial charge on any atom is -0.0754 e. The van der Waals surface area contributed by atoms with Crippen LogP contribution in [-0.4, -0.2) is 0 Å². The fraction of sp³-hybridized carbons (Fsp3) is 0.261. The predicted octanol–water partition coefficient (Wildman–Crippen LogP) is 11.2. The van der Waals surface area contributed by atoms with Crippen molar-refractivity contribution in [2.24, 2.45) is 5.92 Å². The van der Waals surface area contributed by atoms with Crippen LogP contribution in [0.1, 0.15) is 86.6 Å². The Morgan fingerprint density at radius 3 is 2.20 bits per heavy atom. The third-order valence-electron chi connectivity index (χ3n) is 11.9. The summed E-state index contributed by atoms with van der Waals surface area (Å²) in [5.41, 5.74) is 18.3. The van der Waals surface area contributed by atoms with E-state index in [4.69, 9.17) is 0 Å². The van der Waals surface area contributed by atoms with E-state index in [2.05, 4.69) is 124 Å². The van der Waals surface area contributed by atoms with Gasteiger partial charge in [0.1, 0.15) is 0 Å². The highest BCUT2D eigenvalue weighted by Crippen LogP contribution is 2.52. The molecule has 2 atom stereocenters. The number of rotatable bonds is 2. The van der Waals surface area contributed by atoms with Crippen molar-refractivity contribution in [3.8, 4) is 0 Å². The molecule has 224 valence electrons. The summed E-state index contributed by atoms with van der Waals surface area (Å²) in [6.07, 6.45) is 26.5. The lowest BCUT2D eigenvalue weighted by Crippen LogP contribution is -2.25. The zero-order chi connectivity index (χ0) is 30.7. The summed E-state index contributed by atoms with van der Waals surface area (Å²) in [4.78, 5) is 0. The molecule has 0 N–H and O–H groups in total. The van der Waals surface area contributed by atoms with Crippen LogP contribution < -0.4 is 5.22 Å². The number of aryl methyl sites for hydroxylation is 1. The van der Waals surface area contributed by atoms with Gasteiger partial charge in [0.2, 0.25) is 0 Å². The van der Waals surface area contributed by atoms with Crippen LogP contribution in [0, 0.1) is 5.92 Å². The Morgan fingerprint density at radius 1 is 0.652 bits per heavy atom. The molecule has 0 saturated heterocycles. The van der Waals surface area contributed by atoms with Crippen molar-refractivity contribution in [3.05, 3.63) is 158 Å². The molecule has 0 nitrogen and oxygen atoms in total. The highest BCUT2D eigenvalue weighted by molar-refractivity contribution is 6.13. The molecule has 4 aromatic rings.